The third-order valence-corrected chi connectivity index (χ3v) is 7.35. The van der Waals surface area contributed by atoms with Crippen molar-refractivity contribution in [2.24, 2.45) is 5.92 Å². The lowest BCUT2D eigenvalue weighted by Crippen LogP contribution is -2.45. The summed E-state index contributed by atoms with van der Waals surface area (Å²) < 4.78 is 40.1. The molecule has 1 atom stereocenters. The molecule has 0 aliphatic carbocycles. The average molecular weight is 479 g/mol. The van der Waals surface area contributed by atoms with E-state index >= 15 is 0 Å². The van der Waals surface area contributed by atoms with Gasteiger partial charge >= 0.3 is 12.2 Å². The van der Waals surface area contributed by atoms with Crippen LogP contribution in [0.25, 0.3) is 0 Å². The number of carbonyl (C=O) groups is 1. The van der Waals surface area contributed by atoms with Crippen LogP contribution in [-0.2, 0) is 0 Å². The van der Waals surface area contributed by atoms with Gasteiger partial charge in [-0.25, -0.2) is 19.7 Å². The van der Waals surface area contributed by atoms with Gasteiger partial charge in [0.05, 0.1) is 17.3 Å². The highest BCUT2D eigenvalue weighted by Crippen LogP contribution is 2.44. The SMILES string of the molecule is CC1=C2CCCN1c1ccc(N3CCCC(C(F)(F)F)C3)nc1N2C(=O)Nc1nc(C)cs1. The average Bonchev–Trinajstić information content (AvgIpc) is 3.18. The minimum Gasteiger partial charge on any atom is -0.356 e. The van der Waals surface area contributed by atoms with Crippen LogP contribution in [0.15, 0.2) is 28.9 Å². The second-order valence-electron chi connectivity index (χ2n) is 8.69. The number of halogens is 3. The van der Waals surface area contributed by atoms with E-state index in [1.54, 1.807) is 15.9 Å². The molecule has 5 heterocycles. The molecule has 2 amide bonds. The quantitative estimate of drug-likeness (QED) is 0.617. The molecule has 5 rings (SSSR count). The van der Waals surface area contributed by atoms with Crippen LogP contribution >= 0.6 is 11.3 Å². The molecule has 3 aliphatic rings. The predicted octanol–water partition coefficient (Wildman–Crippen LogP) is 5.51. The molecule has 176 valence electrons. The van der Waals surface area contributed by atoms with Crippen molar-refractivity contribution in [1.82, 2.24) is 9.97 Å². The topological polar surface area (TPSA) is 64.6 Å². The summed E-state index contributed by atoms with van der Waals surface area (Å²) in [7, 11) is 0. The summed E-state index contributed by atoms with van der Waals surface area (Å²) in [5, 5.41) is 5.22. The second kappa shape index (κ2) is 8.19. The summed E-state index contributed by atoms with van der Waals surface area (Å²) in [6.45, 7) is 5.04. The number of hydrogen-bond acceptors (Lipinski definition) is 6. The maximum Gasteiger partial charge on any atom is 0.393 e. The van der Waals surface area contributed by atoms with Crippen molar-refractivity contribution in [3.63, 3.8) is 0 Å². The number of anilines is 4. The van der Waals surface area contributed by atoms with Gasteiger partial charge in [-0.1, -0.05) is 0 Å². The second-order valence-corrected chi connectivity index (χ2v) is 9.54. The zero-order valence-corrected chi connectivity index (χ0v) is 19.3. The highest BCUT2D eigenvalue weighted by atomic mass is 32.1. The van der Waals surface area contributed by atoms with Gasteiger partial charge in [0.15, 0.2) is 10.9 Å². The van der Waals surface area contributed by atoms with Gasteiger partial charge in [0.25, 0.3) is 0 Å². The Morgan fingerprint density at radius 1 is 1.18 bits per heavy atom. The van der Waals surface area contributed by atoms with Crippen molar-refractivity contribution in [2.75, 3.05) is 39.7 Å². The van der Waals surface area contributed by atoms with Crippen LogP contribution in [0.4, 0.5) is 40.4 Å². The Labute approximate surface area is 193 Å². The van der Waals surface area contributed by atoms with Crippen LogP contribution in [0.2, 0.25) is 0 Å². The number of rotatable bonds is 2. The van der Waals surface area contributed by atoms with Gasteiger partial charge in [-0.05, 0) is 51.7 Å². The van der Waals surface area contributed by atoms with E-state index in [4.69, 9.17) is 4.98 Å². The molecular formula is C22H25F3N6OS. The highest BCUT2D eigenvalue weighted by Gasteiger charge is 2.42. The number of hydrogen-bond donors (Lipinski definition) is 1. The summed E-state index contributed by atoms with van der Waals surface area (Å²) in [6, 6.07) is 3.27. The minimum atomic E-state index is -4.23. The van der Waals surface area contributed by atoms with E-state index in [0.717, 1.165) is 42.2 Å². The lowest BCUT2D eigenvalue weighted by Gasteiger charge is -2.43. The molecule has 11 heteroatoms. The van der Waals surface area contributed by atoms with Gasteiger partial charge < -0.3 is 9.80 Å². The van der Waals surface area contributed by atoms with Gasteiger partial charge in [-0.2, -0.15) is 13.2 Å². The Balaban J connectivity index is 1.51. The smallest absolute Gasteiger partial charge is 0.356 e. The van der Waals surface area contributed by atoms with E-state index in [2.05, 4.69) is 15.2 Å². The van der Waals surface area contributed by atoms with Crippen LogP contribution in [0.5, 0.6) is 0 Å². The summed E-state index contributed by atoms with van der Waals surface area (Å²) in [5.41, 5.74) is 3.45. The molecule has 0 spiro atoms. The number of urea groups is 1. The van der Waals surface area contributed by atoms with E-state index in [9.17, 15) is 18.0 Å². The molecule has 1 N–H and O–H groups in total. The number of nitrogens with zero attached hydrogens (tertiary/aromatic N) is 5. The summed E-state index contributed by atoms with van der Waals surface area (Å²) >= 11 is 1.34. The molecule has 7 nitrogen and oxygen atoms in total. The summed E-state index contributed by atoms with van der Waals surface area (Å²) in [5.74, 6) is -0.456. The fourth-order valence-corrected chi connectivity index (χ4v) is 5.50. The number of carbonyl (C=O) groups excluding carboxylic acids is 1. The molecule has 1 saturated heterocycles. The maximum absolute atomic E-state index is 13.4. The zero-order valence-electron chi connectivity index (χ0n) is 18.4. The third kappa shape index (κ3) is 4.03. The lowest BCUT2D eigenvalue weighted by atomic mass is 9.97. The number of alkyl halides is 3. The fraction of sp³-hybridized carbons (Fsp3) is 0.500. The first kappa shape index (κ1) is 22.0. The number of fused-ring (bicyclic) bond motifs is 3. The number of thiazole rings is 1. The molecular weight excluding hydrogens is 453 g/mol. The van der Waals surface area contributed by atoms with Crippen LogP contribution in [0, 0.1) is 12.8 Å². The monoisotopic (exact) mass is 478 g/mol. The van der Waals surface area contributed by atoms with Crippen molar-refractivity contribution in [2.45, 2.75) is 45.7 Å². The lowest BCUT2D eigenvalue weighted by molar-refractivity contribution is -0.176. The van der Waals surface area contributed by atoms with E-state index < -0.39 is 12.1 Å². The summed E-state index contributed by atoms with van der Waals surface area (Å²) in [6.07, 6.45) is -2.03. The third-order valence-electron chi connectivity index (χ3n) is 6.47. The van der Waals surface area contributed by atoms with Gasteiger partial charge in [-0.3, -0.25) is 5.32 Å². The van der Waals surface area contributed by atoms with Gasteiger partial charge in [0.2, 0.25) is 0 Å². The molecule has 0 saturated carbocycles. The minimum absolute atomic E-state index is 0.120. The fourth-order valence-electron chi connectivity index (χ4n) is 4.82. The van der Waals surface area contributed by atoms with Crippen molar-refractivity contribution in [3.05, 3.63) is 34.6 Å². The van der Waals surface area contributed by atoms with Crippen molar-refractivity contribution < 1.29 is 18.0 Å². The Morgan fingerprint density at radius 2 is 2.00 bits per heavy atom. The zero-order chi connectivity index (χ0) is 23.3. The number of piperidine rings is 1. The number of allylic oxidation sites excluding steroid dienone is 2. The molecule has 0 aromatic carbocycles. The van der Waals surface area contributed by atoms with E-state index in [1.165, 1.54) is 11.3 Å². The van der Waals surface area contributed by atoms with Crippen LogP contribution in [0.1, 0.15) is 38.3 Å². The molecule has 1 unspecified atom stereocenters. The number of pyridine rings is 1. The molecule has 0 radical (unpaired) electrons. The van der Waals surface area contributed by atoms with Crippen molar-refractivity contribution >= 4 is 39.8 Å². The number of aryl methyl sites for hydroxylation is 1. The van der Waals surface area contributed by atoms with Gasteiger partial charge in [0.1, 0.15) is 5.82 Å². The molecule has 3 aliphatic heterocycles. The largest absolute Gasteiger partial charge is 0.393 e. The molecule has 2 aromatic heterocycles. The summed E-state index contributed by atoms with van der Waals surface area (Å²) in [4.78, 5) is 27.8. The Morgan fingerprint density at radius 3 is 2.73 bits per heavy atom. The van der Waals surface area contributed by atoms with Gasteiger partial charge in [-0.15, -0.1) is 11.3 Å². The first-order valence-corrected chi connectivity index (χ1v) is 11.9. The predicted molar refractivity (Wildman–Crippen MR) is 123 cm³/mol. The molecule has 2 aromatic rings. The first-order valence-electron chi connectivity index (χ1n) is 11.1. The maximum atomic E-state index is 13.4. The highest BCUT2D eigenvalue weighted by molar-refractivity contribution is 7.13. The van der Waals surface area contributed by atoms with E-state index in [0.29, 0.717) is 29.7 Å². The number of nitrogens with one attached hydrogen (secondary N) is 1. The Hall–Kier alpha value is -2.82. The van der Waals surface area contributed by atoms with Crippen LogP contribution in [-0.4, -0.2) is 41.8 Å². The van der Waals surface area contributed by atoms with E-state index in [1.807, 2.05) is 25.3 Å². The number of aromatic nitrogens is 2. The van der Waals surface area contributed by atoms with Crippen LogP contribution < -0.4 is 20.0 Å². The first-order chi connectivity index (χ1) is 15.7. The standard InChI is InChI=1S/C22H25F3N6OS/c1-13-12-33-20(26-13)28-21(32)31-16-6-4-10-30(14(16)2)17-7-8-18(27-19(17)31)29-9-3-5-15(11-29)22(23,24)25/h7-8,12,15H,3-6,9-11H2,1-2H3,(H,26,28,32). The van der Waals surface area contributed by atoms with Crippen molar-refractivity contribution in [3.8, 4) is 0 Å². The Kier molecular flexibility index (Phi) is 5.46. The van der Waals surface area contributed by atoms with Crippen LogP contribution in [0.3, 0.4) is 0 Å². The normalized spacial score (nSPS) is 20.8. The molecule has 2 bridgehead atoms. The molecule has 33 heavy (non-hydrogen) atoms. The van der Waals surface area contributed by atoms with Crippen molar-refractivity contribution in [1.29, 1.82) is 0 Å². The number of amides is 2. The van der Waals surface area contributed by atoms with Gasteiger partial charge in [0, 0.05) is 36.4 Å². The Bertz CT molecular complexity index is 1110. The molecule has 1 fully saturated rings. The van der Waals surface area contributed by atoms with E-state index in [-0.39, 0.29) is 19.0 Å².